The Hall–Kier alpha value is -2.64. The second-order valence-electron chi connectivity index (χ2n) is 7.02. The topological polar surface area (TPSA) is 83.6 Å². The van der Waals surface area contributed by atoms with Gasteiger partial charge in [0.15, 0.2) is 0 Å². The summed E-state index contributed by atoms with van der Waals surface area (Å²) in [6.07, 6.45) is 3.03. The fourth-order valence-corrected chi connectivity index (χ4v) is 3.57. The van der Waals surface area contributed by atoms with Crippen LogP contribution in [0.2, 0.25) is 5.02 Å². The van der Waals surface area contributed by atoms with Gasteiger partial charge in [-0.05, 0) is 63.2 Å². The molecule has 1 fully saturated rings. The molecule has 1 aliphatic rings. The minimum absolute atomic E-state index is 0.0240. The van der Waals surface area contributed by atoms with Crippen molar-refractivity contribution in [3.05, 3.63) is 47.6 Å². The van der Waals surface area contributed by atoms with Crippen LogP contribution in [0.5, 0.6) is 5.75 Å². The number of carbonyl (C=O) groups excluding carboxylic acids is 2. The van der Waals surface area contributed by atoms with Crippen molar-refractivity contribution in [3.63, 3.8) is 0 Å². The fraction of sp³-hybridized carbons (Fsp3) is 0.381. The monoisotopic (exact) mass is 416 g/mol. The highest BCUT2D eigenvalue weighted by Gasteiger charge is 2.30. The highest BCUT2D eigenvalue weighted by molar-refractivity contribution is 6.31. The highest BCUT2D eigenvalue weighted by atomic mass is 35.5. The van der Waals surface area contributed by atoms with Crippen LogP contribution < -0.4 is 15.4 Å². The molecule has 1 saturated heterocycles. The third kappa shape index (κ3) is 5.46. The van der Waals surface area contributed by atoms with E-state index in [-0.39, 0.29) is 23.8 Å². The van der Waals surface area contributed by atoms with Crippen molar-refractivity contribution in [2.75, 3.05) is 30.8 Å². The Labute approximate surface area is 175 Å². The average molecular weight is 417 g/mol. The standard InChI is InChI=1S/C21H25ClN4O3/c1-14(20(27)24-17-13-16(22)6-7-18(17)29-2)26-11-8-15(9-12-26)21(28)25-19-5-3-4-10-23-19/h3-7,10,13-15H,8-9,11-12H2,1-2H3,(H,24,27)(H,23,25,28). The van der Waals surface area contributed by atoms with Crippen molar-refractivity contribution in [2.24, 2.45) is 5.92 Å². The maximum atomic E-state index is 12.7. The van der Waals surface area contributed by atoms with Gasteiger partial charge in [0, 0.05) is 17.1 Å². The van der Waals surface area contributed by atoms with Gasteiger partial charge >= 0.3 is 0 Å². The predicted molar refractivity (Wildman–Crippen MR) is 113 cm³/mol. The Kier molecular flexibility index (Phi) is 7.06. The second-order valence-corrected chi connectivity index (χ2v) is 7.46. The first-order valence-corrected chi connectivity index (χ1v) is 9.96. The number of rotatable bonds is 6. The summed E-state index contributed by atoms with van der Waals surface area (Å²) in [7, 11) is 1.54. The van der Waals surface area contributed by atoms with Gasteiger partial charge in [-0.15, -0.1) is 0 Å². The number of anilines is 2. The number of methoxy groups -OCH3 is 1. The molecule has 0 bridgehead atoms. The molecule has 1 aromatic heterocycles. The van der Waals surface area contributed by atoms with Crippen LogP contribution in [-0.4, -0.2) is 47.9 Å². The summed E-state index contributed by atoms with van der Waals surface area (Å²) < 4.78 is 5.28. The lowest BCUT2D eigenvalue weighted by Crippen LogP contribution is -2.47. The number of amides is 2. The third-order valence-electron chi connectivity index (χ3n) is 5.16. The van der Waals surface area contributed by atoms with E-state index in [2.05, 4.69) is 20.5 Å². The van der Waals surface area contributed by atoms with E-state index in [4.69, 9.17) is 16.3 Å². The third-order valence-corrected chi connectivity index (χ3v) is 5.40. The molecule has 2 heterocycles. The van der Waals surface area contributed by atoms with E-state index < -0.39 is 0 Å². The molecule has 8 heteroatoms. The lowest BCUT2D eigenvalue weighted by molar-refractivity contribution is -0.123. The summed E-state index contributed by atoms with van der Waals surface area (Å²) in [5.74, 6) is 0.866. The second kappa shape index (κ2) is 9.71. The molecule has 1 aliphatic heterocycles. The summed E-state index contributed by atoms with van der Waals surface area (Å²) in [6.45, 7) is 3.20. The normalized spacial score (nSPS) is 16.1. The summed E-state index contributed by atoms with van der Waals surface area (Å²) in [4.78, 5) is 31.4. The summed E-state index contributed by atoms with van der Waals surface area (Å²) in [5, 5.41) is 6.26. The lowest BCUT2D eigenvalue weighted by Gasteiger charge is -2.34. The van der Waals surface area contributed by atoms with Crippen molar-refractivity contribution in [1.82, 2.24) is 9.88 Å². The zero-order valence-electron chi connectivity index (χ0n) is 16.5. The Morgan fingerprint density at radius 3 is 2.62 bits per heavy atom. The molecule has 0 saturated carbocycles. The van der Waals surface area contributed by atoms with E-state index in [0.29, 0.717) is 48.2 Å². The predicted octanol–water partition coefficient (Wildman–Crippen LogP) is 3.42. The minimum Gasteiger partial charge on any atom is -0.495 e. The average Bonchev–Trinajstić information content (AvgIpc) is 2.74. The maximum Gasteiger partial charge on any atom is 0.241 e. The molecular formula is C21H25ClN4O3. The van der Waals surface area contributed by atoms with Crippen LogP contribution in [0.3, 0.4) is 0 Å². The van der Waals surface area contributed by atoms with Crippen molar-refractivity contribution < 1.29 is 14.3 Å². The van der Waals surface area contributed by atoms with E-state index in [0.717, 1.165) is 0 Å². The molecule has 29 heavy (non-hydrogen) atoms. The summed E-state index contributed by atoms with van der Waals surface area (Å²) in [5.41, 5.74) is 0.543. The lowest BCUT2D eigenvalue weighted by atomic mass is 9.95. The zero-order chi connectivity index (χ0) is 20.8. The number of ether oxygens (including phenoxy) is 1. The van der Waals surface area contributed by atoms with E-state index in [1.54, 1.807) is 43.6 Å². The number of carbonyl (C=O) groups is 2. The van der Waals surface area contributed by atoms with Gasteiger partial charge < -0.3 is 15.4 Å². The molecule has 0 spiro atoms. The van der Waals surface area contributed by atoms with Crippen LogP contribution >= 0.6 is 11.6 Å². The molecule has 2 aromatic rings. The number of halogens is 1. The van der Waals surface area contributed by atoms with Gasteiger partial charge in [0.25, 0.3) is 0 Å². The summed E-state index contributed by atoms with van der Waals surface area (Å²) >= 11 is 6.03. The Morgan fingerprint density at radius 2 is 1.97 bits per heavy atom. The molecule has 1 unspecified atom stereocenters. The van der Waals surface area contributed by atoms with Gasteiger partial charge in [-0.2, -0.15) is 0 Å². The van der Waals surface area contributed by atoms with E-state index >= 15 is 0 Å². The van der Waals surface area contributed by atoms with Gasteiger partial charge in [0.2, 0.25) is 11.8 Å². The van der Waals surface area contributed by atoms with Gasteiger partial charge in [0.1, 0.15) is 11.6 Å². The number of piperidine rings is 1. The van der Waals surface area contributed by atoms with Gasteiger partial charge in [-0.3, -0.25) is 14.5 Å². The molecule has 1 aromatic carbocycles. The maximum absolute atomic E-state index is 12.7. The first kappa shape index (κ1) is 21.1. The molecular weight excluding hydrogens is 392 g/mol. The molecule has 154 valence electrons. The van der Waals surface area contributed by atoms with E-state index in [1.807, 2.05) is 13.0 Å². The van der Waals surface area contributed by atoms with Crippen molar-refractivity contribution in [2.45, 2.75) is 25.8 Å². The van der Waals surface area contributed by atoms with Crippen LogP contribution in [-0.2, 0) is 9.59 Å². The molecule has 2 N–H and O–H groups in total. The highest BCUT2D eigenvalue weighted by Crippen LogP contribution is 2.28. The van der Waals surface area contributed by atoms with Crippen LogP contribution in [0.1, 0.15) is 19.8 Å². The number of likely N-dealkylation sites (tertiary alicyclic amines) is 1. The Morgan fingerprint density at radius 1 is 1.21 bits per heavy atom. The minimum atomic E-state index is -0.335. The number of hydrogen-bond donors (Lipinski definition) is 2. The van der Waals surface area contributed by atoms with Gasteiger partial charge in [0.05, 0.1) is 18.8 Å². The number of pyridine rings is 1. The Bertz CT molecular complexity index is 854. The number of nitrogens with one attached hydrogen (secondary N) is 2. The van der Waals surface area contributed by atoms with E-state index in [9.17, 15) is 9.59 Å². The van der Waals surface area contributed by atoms with Crippen molar-refractivity contribution in [3.8, 4) is 5.75 Å². The summed E-state index contributed by atoms with van der Waals surface area (Å²) in [6, 6.07) is 10.2. The fourth-order valence-electron chi connectivity index (χ4n) is 3.39. The van der Waals surface area contributed by atoms with Crippen LogP contribution in [0.4, 0.5) is 11.5 Å². The van der Waals surface area contributed by atoms with Crippen LogP contribution in [0, 0.1) is 5.92 Å². The molecule has 3 rings (SSSR count). The van der Waals surface area contributed by atoms with Crippen molar-refractivity contribution in [1.29, 1.82) is 0 Å². The molecule has 7 nitrogen and oxygen atoms in total. The first-order valence-electron chi connectivity index (χ1n) is 9.58. The smallest absolute Gasteiger partial charge is 0.241 e. The SMILES string of the molecule is COc1ccc(Cl)cc1NC(=O)C(C)N1CCC(C(=O)Nc2ccccn2)CC1. The number of hydrogen-bond acceptors (Lipinski definition) is 5. The largest absolute Gasteiger partial charge is 0.495 e. The first-order chi connectivity index (χ1) is 14.0. The molecule has 0 radical (unpaired) electrons. The van der Waals surface area contributed by atoms with Gasteiger partial charge in [-0.25, -0.2) is 4.98 Å². The van der Waals surface area contributed by atoms with E-state index in [1.165, 1.54) is 0 Å². The van der Waals surface area contributed by atoms with Crippen molar-refractivity contribution >= 4 is 34.9 Å². The van der Waals surface area contributed by atoms with Gasteiger partial charge in [-0.1, -0.05) is 17.7 Å². The molecule has 1 atom stereocenters. The van der Waals surface area contributed by atoms with Crippen LogP contribution in [0.15, 0.2) is 42.6 Å². The number of aromatic nitrogens is 1. The van der Waals surface area contributed by atoms with Crippen LogP contribution in [0.25, 0.3) is 0 Å². The molecule has 2 amide bonds. The quantitative estimate of drug-likeness (QED) is 0.753. The zero-order valence-corrected chi connectivity index (χ0v) is 17.3. The number of nitrogens with zero attached hydrogens (tertiary/aromatic N) is 2. The number of benzene rings is 1. The molecule has 0 aliphatic carbocycles. The Balaban J connectivity index is 1.53.